The van der Waals surface area contributed by atoms with E-state index in [4.69, 9.17) is 10.8 Å². The van der Waals surface area contributed by atoms with Crippen LogP contribution in [0, 0.1) is 6.92 Å². The molecule has 0 spiro atoms. The second kappa shape index (κ2) is 3.26. The Morgan fingerprint density at radius 3 is 2.83 bits per heavy atom. The summed E-state index contributed by atoms with van der Waals surface area (Å²) >= 11 is 0. The fraction of sp³-hybridized carbons (Fsp3) is 0.222. The van der Waals surface area contributed by atoms with Crippen molar-refractivity contribution in [3.63, 3.8) is 0 Å². The zero-order valence-corrected chi connectivity index (χ0v) is 6.87. The number of anilines is 1. The lowest BCUT2D eigenvalue weighted by Crippen LogP contribution is -2.03. The van der Waals surface area contributed by atoms with E-state index in [9.17, 15) is 4.79 Å². The summed E-state index contributed by atoms with van der Waals surface area (Å²) in [5, 5.41) is 8.54. The Bertz CT molecular complexity index is 307. The van der Waals surface area contributed by atoms with Gasteiger partial charge in [0.05, 0.1) is 6.42 Å². The average Bonchev–Trinajstić information content (AvgIpc) is 1.98. The van der Waals surface area contributed by atoms with Crippen molar-refractivity contribution >= 4 is 11.7 Å². The number of aliphatic carboxylic acids is 1. The number of hydrogen-bond acceptors (Lipinski definition) is 2. The summed E-state index contributed by atoms with van der Waals surface area (Å²) in [6.45, 7) is 1.83. The third kappa shape index (κ3) is 1.75. The van der Waals surface area contributed by atoms with E-state index in [0.717, 1.165) is 11.1 Å². The highest BCUT2D eigenvalue weighted by atomic mass is 16.4. The van der Waals surface area contributed by atoms with E-state index < -0.39 is 5.97 Å². The molecule has 1 aromatic carbocycles. The quantitative estimate of drug-likeness (QED) is 0.647. The summed E-state index contributed by atoms with van der Waals surface area (Å²) in [4.78, 5) is 10.4. The normalized spacial score (nSPS) is 9.75. The van der Waals surface area contributed by atoms with Gasteiger partial charge in [0.2, 0.25) is 0 Å². The van der Waals surface area contributed by atoms with E-state index in [-0.39, 0.29) is 6.42 Å². The van der Waals surface area contributed by atoms with E-state index in [1.54, 1.807) is 18.2 Å². The van der Waals surface area contributed by atoms with Gasteiger partial charge in [-0.05, 0) is 24.1 Å². The van der Waals surface area contributed by atoms with Gasteiger partial charge in [0.1, 0.15) is 0 Å². The molecule has 3 N–H and O–H groups in total. The number of benzene rings is 1. The lowest BCUT2D eigenvalue weighted by atomic mass is 10.0. The van der Waals surface area contributed by atoms with Crippen molar-refractivity contribution in [1.82, 2.24) is 0 Å². The molecule has 0 heterocycles. The number of nitrogen functional groups attached to an aromatic ring is 1. The molecule has 64 valence electrons. The zero-order valence-electron chi connectivity index (χ0n) is 6.87. The number of carboxylic acid groups (broad SMARTS) is 1. The molecule has 1 aromatic rings. The molecule has 0 fully saturated rings. The van der Waals surface area contributed by atoms with Gasteiger partial charge in [0.15, 0.2) is 0 Å². The smallest absolute Gasteiger partial charge is 0.307 e. The summed E-state index contributed by atoms with van der Waals surface area (Å²) in [5.41, 5.74) is 7.89. The molecule has 0 aliphatic rings. The maximum Gasteiger partial charge on any atom is 0.307 e. The van der Waals surface area contributed by atoms with E-state index in [1.165, 1.54) is 0 Å². The lowest BCUT2D eigenvalue weighted by Gasteiger charge is -2.04. The van der Waals surface area contributed by atoms with Crippen molar-refractivity contribution in [1.29, 1.82) is 0 Å². The van der Waals surface area contributed by atoms with Crippen molar-refractivity contribution in [2.24, 2.45) is 0 Å². The number of carbonyl (C=O) groups is 1. The van der Waals surface area contributed by atoms with Crippen LogP contribution in [0.4, 0.5) is 5.69 Å². The third-order valence-electron chi connectivity index (χ3n) is 1.83. The second-order valence-corrected chi connectivity index (χ2v) is 2.70. The van der Waals surface area contributed by atoms with Crippen LogP contribution in [0.2, 0.25) is 0 Å². The molecule has 0 aliphatic carbocycles. The largest absolute Gasteiger partial charge is 0.481 e. The SMILES string of the molecule is Cc1c(N)cccc1CC(=O)O. The molecule has 0 amide bonds. The van der Waals surface area contributed by atoms with Gasteiger partial charge in [-0.15, -0.1) is 0 Å². The number of rotatable bonds is 2. The molecule has 0 aromatic heterocycles. The molecule has 3 heteroatoms. The zero-order chi connectivity index (χ0) is 9.14. The minimum absolute atomic E-state index is 0.0386. The van der Waals surface area contributed by atoms with Gasteiger partial charge in [0, 0.05) is 5.69 Å². The first-order chi connectivity index (χ1) is 5.61. The Balaban J connectivity index is 3.00. The Hall–Kier alpha value is -1.51. The van der Waals surface area contributed by atoms with E-state index in [1.807, 2.05) is 6.92 Å². The molecule has 3 nitrogen and oxygen atoms in total. The Morgan fingerprint density at radius 2 is 2.25 bits per heavy atom. The first-order valence-electron chi connectivity index (χ1n) is 3.67. The van der Waals surface area contributed by atoms with Crippen LogP contribution in [-0.4, -0.2) is 11.1 Å². The number of carboxylic acids is 1. The fourth-order valence-corrected chi connectivity index (χ4v) is 1.06. The van der Waals surface area contributed by atoms with Gasteiger partial charge in [-0.1, -0.05) is 12.1 Å². The Kier molecular flexibility index (Phi) is 2.33. The Labute approximate surface area is 70.8 Å². The van der Waals surface area contributed by atoms with Crippen molar-refractivity contribution in [2.75, 3.05) is 5.73 Å². The third-order valence-corrected chi connectivity index (χ3v) is 1.83. The molecule has 0 saturated carbocycles. The predicted octanol–water partition coefficient (Wildman–Crippen LogP) is 1.20. The van der Waals surface area contributed by atoms with Gasteiger partial charge in [0.25, 0.3) is 0 Å². The van der Waals surface area contributed by atoms with Crippen molar-refractivity contribution in [3.05, 3.63) is 29.3 Å². The summed E-state index contributed by atoms with van der Waals surface area (Å²) in [5.74, 6) is -0.830. The second-order valence-electron chi connectivity index (χ2n) is 2.70. The van der Waals surface area contributed by atoms with Crippen LogP contribution in [0.3, 0.4) is 0 Å². The summed E-state index contributed by atoms with van der Waals surface area (Å²) in [6, 6.07) is 5.31. The molecule has 0 bridgehead atoms. The van der Waals surface area contributed by atoms with Gasteiger partial charge in [-0.25, -0.2) is 0 Å². The first-order valence-corrected chi connectivity index (χ1v) is 3.67. The molecular weight excluding hydrogens is 154 g/mol. The number of hydrogen-bond donors (Lipinski definition) is 2. The van der Waals surface area contributed by atoms with E-state index in [0.29, 0.717) is 5.69 Å². The highest BCUT2D eigenvalue weighted by Crippen LogP contribution is 2.15. The molecule has 12 heavy (non-hydrogen) atoms. The first kappa shape index (κ1) is 8.59. The monoisotopic (exact) mass is 165 g/mol. The summed E-state index contributed by atoms with van der Waals surface area (Å²) in [7, 11) is 0. The van der Waals surface area contributed by atoms with Crippen LogP contribution in [0.5, 0.6) is 0 Å². The van der Waals surface area contributed by atoms with Crippen LogP contribution in [0.15, 0.2) is 18.2 Å². The van der Waals surface area contributed by atoms with Crippen LogP contribution < -0.4 is 5.73 Å². The molecule has 0 radical (unpaired) electrons. The van der Waals surface area contributed by atoms with Crippen LogP contribution in [-0.2, 0) is 11.2 Å². The van der Waals surface area contributed by atoms with E-state index in [2.05, 4.69) is 0 Å². The van der Waals surface area contributed by atoms with E-state index >= 15 is 0 Å². The predicted molar refractivity (Wildman–Crippen MR) is 46.9 cm³/mol. The number of nitrogens with two attached hydrogens (primary N) is 1. The standard InChI is InChI=1S/C9H11NO2/c1-6-7(5-9(11)12)3-2-4-8(6)10/h2-4H,5,10H2,1H3,(H,11,12). The molecule has 0 unspecified atom stereocenters. The summed E-state index contributed by atoms with van der Waals surface area (Å²) in [6.07, 6.45) is 0.0386. The van der Waals surface area contributed by atoms with Crippen molar-refractivity contribution < 1.29 is 9.90 Å². The highest BCUT2D eigenvalue weighted by molar-refractivity contribution is 5.71. The topological polar surface area (TPSA) is 63.3 Å². The maximum absolute atomic E-state index is 10.4. The minimum Gasteiger partial charge on any atom is -0.481 e. The Morgan fingerprint density at radius 1 is 1.58 bits per heavy atom. The van der Waals surface area contributed by atoms with Crippen LogP contribution >= 0.6 is 0 Å². The van der Waals surface area contributed by atoms with Crippen molar-refractivity contribution in [2.45, 2.75) is 13.3 Å². The highest BCUT2D eigenvalue weighted by Gasteiger charge is 2.04. The van der Waals surface area contributed by atoms with Gasteiger partial charge in [-0.2, -0.15) is 0 Å². The van der Waals surface area contributed by atoms with Gasteiger partial charge >= 0.3 is 5.97 Å². The lowest BCUT2D eigenvalue weighted by molar-refractivity contribution is -0.136. The van der Waals surface area contributed by atoms with Gasteiger partial charge < -0.3 is 10.8 Å². The van der Waals surface area contributed by atoms with Gasteiger partial charge in [-0.3, -0.25) is 4.79 Å². The molecular formula is C9H11NO2. The molecule has 1 rings (SSSR count). The molecule has 0 saturated heterocycles. The maximum atomic E-state index is 10.4. The van der Waals surface area contributed by atoms with Crippen molar-refractivity contribution in [3.8, 4) is 0 Å². The van der Waals surface area contributed by atoms with Crippen LogP contribution in [0.1, 0.15) is 11.1 Å². The summed E-state index contributed by atoms with van der Waals surface area (Å²) < 4.78 is 0. The minimum atomic E-state index is -0.830. The molecule has 0 atom stereocenters. The average molecular weight is 165 g/mol. The van der Waals surface area contributed by atoms with Crippen LogP contribution in [0.25, 0.3) is 0 Å². The fourth-order valence-electron chi connectivity index (χ4n) is 1.06. The molecule has 0 aliphatic heterocycles.